The maximum absolute atomic E-state index is 11.5. The standard InChI is InChI=1S/C16H30O3/c1-6-7-8-11-14(18-5)12-9-10-13-15(17)19-16(2,3)4/h12H,6-11,13H2,1-5H3/b14-12-. The molecule has 0 unspecified atom stereocenters. The fraction of sp³-hybridized carbons (Fsp3) is 0.812. The summed E-state index contributed by atoms with van der Waals surface area (Å²) < 4.78 is 10.6. The van der Waals surface area contributed by atoms with Crippen LogP contribution >= 0.6 is 0 Å². The van der Waals surface area contributed by atoms with Crippen LogP contribution in [0.25, 0.3) is 0 Å². The van der Waals surface area contributed by atoms with Crippen molar-refractivity contribution in [2.75, 3.05) is 7.11 Å². The first-order chi connectivity index (χ1) is 8.89. The van der Waals surface area contributed by atoms with Gasteiger partial charge < -0.3 is 9.47 Å². The van der Waals surface area contributed by atoms with Crippen LogP contribution in [-0.2, 0) is 14.3 Å². The van der Waals surface area contributed by atoms with Gasteiger partial charge in [-0.1, -0.05) is 19.8 Å². The number of carbonyl (C=O) groups is 1. The Balaban J connectivity index is 3.82. The molecule has 0 saturated carbocycles. The summed E-state index contributed by atoms with van der Waals surface area (Å²) in [5, 5.41) is 0. The minimum Gasteiger partial charge on any atom is -0.501 e. The zero-order valence-corrected chi connectivity index (χ0v) is 13.3. The van der Waals surface area contributed by atoms with Gasteiger partial charge in [-0.3, -0.25) is 4.79 Å². The Morgan fingerprint density at radius 2 is 1.79 bits per heavy atom. The highest BCUT2D eigenvalue weighted by Crippen LogP contribution is 2.13. The van der Waals surface area contributed by atoms with Crippen molar-refractivity contribution in [1.82, 2.24) is 0 Å². The number of esters is 1. The van der Waals surface area contributed by atoms with E-state index in [-0.39, 0.29) is 11.6 Å². The lowest BCUT2D eigenvalue weighted by atomic mass is 10.1. The van der Waals surface area contributed by atoms with Crippen molar-refractivity contribution >= 4 is 5.97 Å². The maximum Gasteiger partial charge on any atom is 0.306 e. The molecule has 0 aromatic rings. The molecular formula is C16H30O3. The molecular weight excluding hydrogens is 240 g/mol. The molecule has 0 aromatic carbocycles. The largest absolute Gasteiger partial charge is 0.501 e. The minimum atomic E-state index is -0.384. The van der Waals surface area contributed by atoms with Gasteiger partial charge in [-0.05, 0) is 46.1 Å². The lowest BCUT2D eigenvalue weighted by molar-refractivity contribution is -0.154. The summed E-state index contributed by atoms with van der Waals surface area (Å²) in [5.41, 5.74) is -0.384. The number of allylic oxidation sites excluding steroid dienone is 2. The Morgan fingerprint density at radius 1 is 1.11 bits per heavy atom. The van der Waals surface area contributed by atoms with Crippen molar-refractivity contribution < 1.29 is 14.3 Å². The van der Waals surface area contributed by atoms with Gasteiger partial charge in [-0.15, -0.1) is 0 Å². The van der Waals surface area contributed by atoms with Gasteiger partial charge in [0.2, 0.25) is 0 Å². The van der Waals surface area contributed by atoms with Gasteiger partial charge in [0.05, 0.1) is 12.9 Å². The summed E-state index contributed by atoms with van der Waals surface area (Å²) in [7, 11) is 1.71. The van der Waals surface area contributed by atoms with E-state index >= 15 is 0 Å². The van der Waals surface area contributed by atoms with Gasteiger partial charge in [0, 0.05) is 12.8 Å². The predicted octanol–water partition coefficient (Wildman–Crippen LogP) is 4.61. The molecule has 0 saturated heterocycles. The second-order valence-corrected chi connectivity index (χ2v) is 5.81. The summed E-state index contributed by atoms with van der Waals surface area (Å²) in [5.74, 6) is 0.920. The Labute approximate surface area is 118 Å². The van der Waals surface area contributed by atoms with E-state index in [1.54, 1.807) is 7.11 Å². The third kappa shape index (κ3) is 11.8. The summed E-state index contributed by atoms with van der Waals surface area (Å²) in [6.45, 7) is 7.86. The van der Waals surface area contributed by atoms with Crippen LogP contribution in [0.4, 0.5) is 0 Å². The Hall–Kier alpha value is -0.990. The number of carbonyl (C=O) groups excluding carboxylic acids is 1. The van der Waals surface area contributed by atoms with Crippen molar-refractivity contribution in [2.24, 2.45) is 0 Å². The normalized spacial score (nSPS) is 12.4. The van der Waals surface area contributed by atoms with Crippen LogP contribution in [0.15, 0.2) is 11.8 Å². The van der Waals surface area contributed by atoms with Crippen LogP contribution in [0.1, 0.15) is 72.6 Å². The van der Waals surface area contributed by atoms with Crippen molar-refractivity contribution in [1.29, 1.82) is 0 Å². The molecule has 0 aliphatic rings. The van der Waals surface area contributed by atoms with Gasteiger partial charge in [-0.25, -0.2) is 0 Å². The van der Waals surface area contributed by atoms with E-state index in [1.165, 1.54) is 19.3 Å². The number of hydrogen-bond donors (Lipinski definition) is 0. The second-order valence-electron chi connectivity index (χ2n) is 5.81. The highest BCUT2D eigenvalue weighted by Gasteiger charge is 2.15. The van der Waals surface area contributed by atoms with Crippen LogP contribution in [-0.4, -0.2) is 18.7 Å². The Morgan fingerprint density at radius 3 is 2.32 bits per heavy atom. The van der Waals surface area contributed by atoms with Crippen molar-refractivity contribution in [3.05, 3.63) is 11.8 Å². The highest BCUT2D eigenvalue weighted by atomic mass is 16.6. The molecule has 3 nitrogen and oxygen atoms in total. The van der Waals surface area contributed by atoms with Crippen LogP contribution in [0.2, 0.25) is 0 Å². The van der Waals surface area contributed by atoms with E-state index in [2.05, 4.69) is 13.0 Å². The molecule has 0 fully saturated rings. The molecule has 0 N–H and O–H groups in total. The molecule has 19 heavy (non-hydrogen) atoms. The smallest absolute Gasteiger partial charge is 0.306 e. The van der Waals surface area contributed by atoms with Gasteiger partial charge >= 0.3 is 5.97 Å². The average Bonchev–Trinajstić information content (AvgIpc) is 2.30. The second kappa shape index (κ2) is 9.88. The van der Waals surface area contributed by atoms with E-state index in [4.69, 9.17) is 9.47 Å². The van der Waals surface area contributed by atoms with Gasteiger partial charge in [-0.2, -0.15) is 0 Å². The number of rotatable bonds is 9. The third-order valence-corrected chi connectivity index (χ3v) is 2.67. The monoisotopic (exact) mass is 270 g/mol. The van der Waals surface area contributed by atoms with Crippen LogP contribution in [0.5, 0.6) is 0 Å². The number of ether oxygens (including phenoxy) is 2. The lowest BCUT2D eigenvalue weighted by Crippen LogP contribution is -2.23. The fourth-order valence-corrected chi connectivity index (χ4v) is 1.74. The molecule has 0 rings (SSSR count). The maximum atomic E-state index is 11.5. The molecule has 112 valence electrons. The summed E-state index contributed by atoms with van der Waals surface area (Å²) in [6.07, 6.45) is 8.87. The van der Waals surface area contributed by atoms with E-state index in [0.29, 0.717) is 6.42 Å². The van der Waals surface area contributed by atoms with E-state index in [1.807, 2.05) is 20.8 Å². The minimum absolute atomic E-state index is 0.120. The topological polar surface area (TPSA) is 35.5 Å². The van der Waals surface area contributed by atoms with Crippen molar-refractivity contribution in [2.45, 2.75) is 78.2 Å². The summed E-state index contributed by atoms with van der Waals surface area (Å²) in [4.78, 5) is 11.5. The SMILES string of the molecule is CCCCC/C(=C/CCCC(=O)OC(C)(C)C)OC. The molecule has 3 heteroatoms. The van der Waals surface area contributed by atoms with Gasteiger partial charge in [0.1, 0.15) is 5.60 Å². The molecule has 0 aliphatic heterocycles. The van der Waals surface area contributed by atoms with E-state index in [9.17, 15) is 4.79 Å². The first-order valence-corrected chi connectivity index (χ1v) is 7.34. The molecule has 0 aromatic heterocycles. The number of methoxy groups -OCH3 is 1. The van der Waals surface area contributed by atoms with Crippen LogP contribution < -0.4 is 0 Å². The number of unbranched alkanes of at least 4 members (excludes halogenated alkanes) is 3. The Kier molecular flexibility index (Phi) is 9.36. The average molecular weight is 270 g/mol. The zero-order chi connectivity index (χ0) is 14.7. The Bertz CT molecular complexity index is 274. The first-order valence-electron chi connectivity index (χ1n) is 7.34. The highest BCUT2D eigenvalue weighted by molar-refractivity contribution is 5.69. The summed E-state index contributed by atoms with van der Waals surface area (Å²) >= 11 is 0. The fourth-order valence-electron chi connectivity index (χ4n) is 1.74. The van der Waals surface area contributed by atoms with Gasteiger partial charge in [0.25, 0.3) is 0 Å². The predicted molar refractivity (Wildman–Crippen MR) is 78.9 cm³/mol. The molecule has 0 radical (unpaired) electrons. The zero-order valence-electron chi connectivity index (χ0n) is 13.3. The van der Waals surface area contributed by atoms with E-state index < -0.39 is 0 Å². The molecule has 0 spiro atoms. The number of hydrogen-bond acceptors (Lipinski definition) is 3. The van der Waals surface area contributed by atoms with E-state index in [0.717, 1.165) is 25.0 Å². The molecule has 0 bridgehead atoms. The van der Waals surface area contributed by atoms with Crippen molar-refractivity contribution in [3.8, 4) is 0 Å². The first kappa shape index (κ1) is 18.0. The van der Waals surface area contributed by atoms with Crippen LogP contribution in [0.3, 0.4) is 0 Å². The quantitative estimate of drug-likeness (QED) is 0.349. The molecule has 0 heterocycles. The molecule has 0 atom stereocenters. The van der Waals surface area contributed by atoms with Crippen molar-refractivity contribution in [3.63, 3.8) is 0 Å². The van der Waals surface area contributed by atoms with Crippen LogP contribution in [0, 0.1) is 0 Å². The van der Waals surface area contributed by atoms with Gasteiger partial charge in [0.15, 0.2) is 0 Å². The summed E-state index contributed by atoms with van der Waals surface area (Å²) in [6, 6.07) is 0. The molecule has 0 aliphatic carbocycles. The molecule has 0 amide bonds. The third-order valence-electron chi connectivity index (χ3n) is 2.67. The lowest BCUT2D eigenvalue weighted by Gasteiger charge is -2.19.